The molecule has 0 aliphatic carbocycles. The van der Waals surface area contributed by atoms with E-state index in [0.29, 0.717) is 0 Å². The molecule has 0 bridgehead atoms. The molecule has 14 aromatic rings. The molecule has 302 valence electrons. The summed E-state index contributed by atoms with van der Waals surface area (Å²) in [7, 11) is 0. The molecule has 11 aromatic carbocycles. The molecule has 3 heterocycles. The van der Waals surface area contributed by atoms with Crippen molar-refractivity contribution < 1.29 is 0 Å². The summed E-state index contributed by atoms with van der Waals surface area (Å²) in [4.78, 5) is 0. The highest BCUT2D eigenvalue weighted by Crippen LogP contribution is 2.47. The minimum atomic E-state index is 1.14. The van der Waals surface area contributed by atoms with Crippen molar-refractivity contribution in [3.05, 3.63) is 224 Å². The van der Waals surface area contributed by atoms with E-state index >= 15 is 0 Å². The van der Waals surface area contributed by atoms with E-state index in [0.717, 1.165) is 5.69 Å². The lowest BCUT2D eigenvalue weighted by Gasteiger charge is -2.18. The molecule has 3 aromatic heterocycles. The summed E-state index contributed by atoms with van der Waals surface area (Å²) < 4.78 is 7.78. The molecule has 0 N–H and O–H groups in total. The number of fused-ring (bicyclic) bond motifs is 11. The van der Waals surface area contributed by atoms with Gasteiger partial charge in [0, 0.05) is 56.8 Å². The molecule has 0 atom stereocenters. The van der Waals surface area contributed by atoms with Crippen molar-refractivity contribution in [2.75, 3.05) is 0 Å². The van der Waals surface area contributed by atoms with Gasteiger partial charge in [-0.15, -0.1) is 22.7 Å². The van der Waals surface area contributed by atoms with Gasteiger partial charge in [0.2, 0.25) is 0 Å². The third kappa shape index (κ3) is 5.56. The predicted molar refractivity (Wildman–Crippen MR) is 283 cm³/mol. The Kier molecular flexibility index (Phi) is 8.09. The highest BCUT2D eigenvalue weighted by molar-refractivity contribution is 7.26. The van der Waals surface area contributed by atoms with Gasteiger partial charge in [0.05, 0.1) is 11.0 Å². The van der Waals surface area contributed by atoms with E-state index < -0.39 is 0 Å². The largest absolute Gasteiger partial charge is 0.309 e. The van der Waals surface area contributed by atoms with Gasteiger partial charge < -0.3 is 4.57 Å². The summed E-state index contributed by atoms with van der Waals surface area (Å²) in [5.41, 5.74) is 13.6. The van der Waals surface area contributed by atoms with Crippen molar-refractivity contribution in [1.29, 1.82) is 0 Å². The number of nitrogens with zero attached hydrogens (tertiary/aromatic N) is 1. The fourth-order valence-corrected chi connectivity index (χ4v) is 13.2. The Labute approximate surface area is 383 Å². The zero-order valence-corrected chi connectivity index (χ0v) is 36.8. The molecular weight excluding hydrogens is 823 g/mol. The van der Waals surface area contributed by atoms with Gasteiger partial charge in [0.1, 0.15) is 0 Å². The van der Waals surface area contributed by atoms with Crippen LogP contribution in [0.4, 0.5) is 0 Å². The predicted octanol–water partition coefficient (Wildman–Crippen LogP) is 18.5. The maximum absolute atomic E-state index is 2.47. The van der Waals surface area contributed by atoms with Crippen LogP contribution in [0.3, 0.4) is 0 Å². The third-order valence-electron chi connectivity index (χ3n) is 13.6. The zero-order chi connectivity index (χ0) is 42.6. The lowest BCUT2D eigenvalue weighted by Crippen LogP contribution is -1.95. The zero-order valence-electron chi connectivity index (χ0n) is 35.1. The molecule has 0 spiro atoms. The van der Waals surface area contributed by atoms with Gasteiger partial charge in [-0.2, -0.15) is 0 Å². The highest BCUT2D eigenvalue weighted by atomic mass is 32.1. The normalized spacial score (nSPS) is 12.0. The van der Waals surface area contributed by atoms with E-state index in [1.807, 2.05) is 22.7 Å². The van der Waals surface area contributed by atoms with Crippen LogP contribution in [0.2, 0.25) is 0 Å². The van der Waals surface area contributed by atoms with E-state index in [2.05, 4.69) is 229 Å². The Bertz CT molecular complexity index is 4000. The molecule has 65 heavy (non-hydrogen) atoms. The quantitative estimate of drug-likeness (QED) is 0.152. The van der Waals surface area contributed by atoms with E-state index in [9.17, 15) is 0 Å². The average molecular weight is 860 g/mol. The molecule has 0 saturated heterocycles. The first-order valence-corrected chi connectivity index (χ1v) is 23.9. The van der Waals surface area contributed by atoms with Gasteiger partial charge >= 0.3 is 0 Å². The number of benzene rings is 11. The Morgan fingerprint density at radius 3 is 1.12 bits per heavy atom. The smallest absolute Gasteiger partial charge is 0.0541 e. The molecule has 14 rings (SSSR count). The second-order valence-electron chi connectivity index (χ2n) is 17.1. The molecule has 0 aliphatic rings. The summed E-state index contributed by atoms with van der Waals surface area (Å²) in [6, 6.07) is 83.4. The molecule has 0 saturated carbocycles. The van der Waals surface area contributed by atoms with Crippen LogP contribution < -0.4 is 0 Å². The van der Waals surface area contributed by atoms with Gasteiger partial charge in [0.15, 0.2) is 0 Å². The molecule has 0 unspecified atom stereocenters. The van der Waals surface area contributed by atoms with E-state index in [-0.39, 0.29) is 0 Å². The van der Waals surface area contributed by atoms with Crippen molar-refractivity contribution in [1.82, 2.24) is 4.57 Å². The summed E-state index contributed by atoms with van der Waals surface area (Å²) in [6.45, 7) is 0. The second-order valence-corrected chi connectivity index (χ2v) is 19.2. The topological polar surface area (TPSA) is 4.93 Å². The molecule has 1 nitrogen and oxygen atoms in total. The second kappa shape index (κ2) is 14.4. The van der Waals surface area contributed by atoms with Crippen LogP contribution in [0.15, 0.2) is 224 Å². The number of hydrogen-bond acceptors (Lipinski definition) is 2. The van der Waals surface area contributed by atoms with Crippen LogP contribution in [-0.4, -0.2) is 4.57 Å². The number of aromatic nitrogens is 1. The molecular formula is C62H37NS2. The highest BCUT2D eigenvalue weighted by Gasteiger charge is 2.20. The first-order chi connectivity index (χ1) is 32.2. The van der Waals surface area contributed by atoms with Crippen molar-refractivity contribution in [3.8, 4) is 50.2 Å². The minimum absolute atomic E-state index is 1.14. The van der Waals surface area contributed by atoms with Gasteiger partial charge in [-0.05, 0) is 115 Å². The lowest BCUT2D eigenvalue weighted by molar-refractivity contribution is 1.18. The maximum atomic E-state index is 2.47. The molecule has 0 fully saturated rings. The van der Waals surface area contributed by atoms with E-state index in [4.69, 9.17) is 0 Å². The van der Waals surface area contributed by atoms with Crippen LogP contribution in [0.25, 0.3) is 134 Å². The maximum Gasteiger partial charge on any atom is 0.0541 e. The van der Waals surface area contributed by atoms with Crippen LogP contribution >= 0.6 is 22.7 Å². The standard InChI is InChI=1S/C62H37NS2/c1-2-14-38(15-3-1)59-47-18-4-6-20-49(47)60(50-21-7-5-19-48(50)59)39-28-32-42(33-29-39)63-55-34-30-40(43-22-12-24-51-45-16-8-10-26-57(45)64-61(43)51)36-53(55)54-37-41(31-35-56(54)63)44-23-13-25-52-46-17-9-11-27-58(46)65-62(44)52/h1-37H. The van der Waals surface area contributed by atoms with Gasteiger partial charge in [-0.3, -0.25) is 0 Å². The number of thiophene rings is 2. The van der Waals surface area contributed by atoms with E-state index in [1.165, 1.54) is 128 Å². The SMILES string of the molecule is c1ccc(-c2c3ccccc3c(-c3ccc(-n4c5ccc(-c6cccc7c6sc6ccccc67)cc5c5cc(-c6cccc7c6sc6ccccc67)ccc54)cc3)c3ccccc23)cc1. The van der Waals surface area contributed by atoms with Crippen molar-refractivity contribution in [2.24, 2.45) is 0 Å². The monoisotopic (exact) mass is 859 g/mol. The first kappa shape index (κ1) is 36.6. The van der Waals surface area contributed by atoms with Crippen LogP contribution in [-0.2, 0) is 0 Å². The first-order valence-electron chi connectivity index (χ1n) is 22.2. The third-order valence-corrected chi connectivity index (χ3v) is 16.0. The van der Waals surface area contributed by atoms with Gasteiger partial charge in [-0.1, -0.05) is 176 Å². The number of hydrogen-bond donors (Lipinski definition) is 0. The average Bonchev–Trinajstić information content (AvgIpc) is 4.05. The summed E-state index contributed by atoms with van der Waals surface area (Å²) >= 11 is 3.79. The van der Waals surface area contributed by atoms with Crippen LogP contribution in [0.5, 0.6) is 0 Å². The molecule has 0 aliphatic heterocycles. The van der Waals surface area contributed by atoms with Crippen molar-refractivity contribution in [2.45, 2.75) is 0 Å². The summed E-state index contributed by atoms with van der Waals surface area (Å²) in [5, 5.41) is 12.8. The van der Waals surface area contributed by atoms with E-state index in [1.54, 1.807) is 0 Å². The minimum Gasteiger partial charge on any atom is -0.309 e. The fourth-order valence-electron chi connectivity index (χ4n) is 10.7. The Morgan fingerprint density at radius 2 is 0.646 bits per heavy atom. The van der Waals surface area contributed by atoms with Crippen molar-refractivity contribution in [3.63, 3.8) is 0 Å². The Hall–Kier alpha value is -7.82. The van der Waals surface area contributed by atoms with Crippen LogP contribution in [0.1, 0.15) is 0 Å². The number of rotatable bonds is 5. The van der Waals surface area contributed by atoms with Gasteiger partial charge in [-0.25, -0.2) is 0 Å². The summed E-state index contributed by atoms with van der Waals surface area (Å²) in [5.74, 6) is 0. The van der Waals surface area contributed by atoms with Crippen molar-refractivity contribution >= 4 is 106 Å². The van der Waals surface area contributed by atoms with Crippen LogP contribution in [0, 0.1) is 0 Å². The summed E-state index contributed by atoms with van der Waals surface area (Å²) in [6.07, 6.45) is 0. The molecule has 0 amide bonds. The Balaban J connectivity index is 0.979. The molecule has 3 heteroatoms. The lowest BCUT2D eigenvalue weighted by atomic mass is 9.86. The fraction of sp³-hybridized carbons (Fsp3) is 0. The van der Waals surface area contributed by atoms with Gasteiger partial charge in [0.25, 0.3) is 0 Å². The molecule has 0 radical (unpaired) electrons. The Morgan fingerprint density at radius 1 is 0.262 bits per heavy atom.